The summed E-state index contributed by atoms with van der Waals surface area (Å²) in [6.45, 7) is 4.53. The van der Waals surface area contributed by atoms with Crippen LogP contribution in [0.1, 0.15) is 18.4 Å². The number of hydrogen-bond acceptors (Lipinski definition) is 6. The first-order chi connectivity index (χ1) is 13.7. The molecule has 0 aliphatic carbocycles. The minimum Gasteiger partial charge on any atom is -0.496 e. The maximum Gasteiger partial charge on any atom is 0.191 e. The fraction of sp³-hybridized carbons (Fsp3) is 0.650. The van der Waals surface area contributed by atoms with Crippen LogP contribution in [0.4, 0.5) is 0 Å². The molecule has 1 unspecified atom stereocenters. The Bertz CT molecular complexity index is 618. The van der Waals surface area contributed by atoms with Gasteiger partial charge < -0.3 is 34.3 Å². The van der Waals surface area contributed by atoms with E-state index < -0.39 is 0 Å². The van der Waals surface area contributed by atoms with Crippen LogP contribution in [-0.2, 0) is 16.0 Å². The maximum absolute atomic E-state index is 5.72. The molecule has 158 valence electrons. The molecule has 0 aromatic heterocycles. The highest BCUT2D eigenvalue weighted by Gasteiger charge is 2.15. The molecule has 8 nitrogen and oxygen atoms in total. The van der Waals surface area contributed by atoms with E-state index in [1.165, 1.54) is 0 Å². The zero-order chi connectivity index (χ0) is 20.2. The molecule has 0 radical (unpaired) electrons. The van der Waals surface area contributed by atoms with Crippen molar-refractivity contribution in [2.24, 2.45) is 10.9 Å². The zero-order valence-corrected chi connectivity index (χ0v) is 17.4. The van der Waals surface area contributed by atoms with Gasteiger partial charge in [0.05, 0.1) is 34.5 Å². The van der Waals surface area contributed by atoms with Crippen LogP contribution in [0.3, 0.4) is 0 Å². The van der Waals surface area contributed by atoms with E-state index in [2.05, 4.69) is 15.6 Å². The summed E-state index contributed by atoms with van der Waals surface area (Å²) in [5.41, 5.74) is 0.949. The number of benzene rings is 1. The number of hydrogen-bond donors (Lipinski definition) is 2. The number of ether oxygens (including phenoxy) is 5. The van der Waals surface area contributed by atoms with Crippen molar-refractivity contribution in [2.75, 3.05) is 61.3 Å². The molecular weight excluding hydrogens is 362 g/mol. The van der Waals surface area contributed by atoms with Gasteiger partial charge in [0.15, 0.2) is 17.5 Å². The smallest absolute Gasteiger partial charge is 0.191 e. The predicted molar refractivity (Wildman–Crippen MR) is 109 cm³/mol. The third-order valence-corrected chi connectivity index (χ3v) is 4.59. The van der Waals surface area contributed by atoms with Crippen molar-refractivity contribution in [3.8, 4) is 17.2 Å². The summed E-state index contributed by atoms with van der Waals surface area (Å²) < 4.78 is 27.2. The van der Waals surface area contributed by atoms with Crippen molar-refractivity contribution in [1.82, 2.24) is 10.6 Å². The molecule has 1 atom stereocenters. The Balaban J connectivity index is 1.73. The molecule has 0 amide bonds. The Hall–Kier alpha value is -2.19. The Kier molecular flexibility index (Phi) is 9.71. The number of guanidine groups is 1. The summed E-state index contributed by atoms with van der Waals surface area (Å²) in [6, 6.07) is 3.72. The maximum atomic E-state index is 5.72. The molecule has 8 heteroatoms. The van der Waals surface area contributed by atoms with Crippen molar-refractivity contribution >= 4 is 5.96 Å². The highest BCUT2D eigenvalue weighted by Crippen LogP contribution is 2.34. The number of methoxy groups -OCH3 is 3. The van der Waals surface area contributed by atoms with Gasteiger partial charge in [-0.15, -0.1) is 0 Å². The second-order valence-electron chi connectivity index (χ2n) is 6.53. The Morgan fingerprint density at radius 1 is 1.11 bits per heavy atom. The molecule has 2 rings (SSSR count). The molecule has 1 aliphatic heterocycles. The van der Waals surface area contributed by atoms with E-state index in [1.54, 1.807) is 28.4 Å². The quantitative estimate of drug-likeness (QED) is 0.336. The van der Waals surface area contributed by atoms with E-state index in [-0.39, 0.29) is 0 Å². The Labute approximate surface area is 167 Å². The molecule has 1 aromatic rings. The first-order valence-electron chi connectivity index (χ1n) is 9.60. The zero-order valence-electron chi connectivity index (χ0n) is 17.4. The van der Waals surface area contributed by atoms with Crippen molar-refractivity contribution < 1.29 is 23.7 Å². The molecule has 28 heavy (non-hydrogen) atoms. The van der Waals surface area contributed by atoms with Gasteiger partial charge in [-0.2, -0.15) is 0 Å². The lowest BCUT2D eigenvalue weighted by Gasteiger charge is -2.16. The molecule has 1 aliphatic rings. The van der Waals surface area contributed by atoms with E-state index in [1.807, 2.05) is 12.1 Å². The van der Waals surface area contributed by atoms with Crippen LogP contribution in [0.5, 0.6) is 17.2 Å². The van der Waals surface area contributed by atoms with E-state index >= 15 is 0 Å². The van der Waals surface area contributed by atoms with Crippen LogP contribution >= 0.6 is 0 Å². The van der Waals surface area contributed by atoms with Crippen LogP contribution in [-0.4, -0.2) is 67.3 Å². The van der Waals surface area contributed by atoms with Crippen molar-refractivity contribution in [3.05, 3.63) is 17.7 Å². The first kappa shape index (κ1) is 22.1. The fourth-order valence-corrected chi connectivity index (χ4v) is 2.98. The molecule has 0 saturated carbocycles. The number of aliphatic imine (C=N–C) groups is 1. The van der Waals surface area contributed by atoms with Crippen LogP contribution in [0.15, 0.2) is 17.1 Å². The summed E-state index contributed by atoms with van der Waals surface area (Å²) >= 11 is 0. The van der Waals surface area contributed by atoms with Crippen molar-refractivity contribution in [1.29, 1.82) is 0 Å². The van der Waals surface area contributed by atoms with Crippen LogP contribution in [0, 0.1) is 5.92 Å². The molecule has 1 aromatic carbocycles. The summed E-state index contributed by atoms with van der Waals surface area (Å²) in [7, 11) is 6.60. The van der Waals surface area contributed by atoms with Crippen molar-refractivity contribution in [3.63, 3.8) is 0 Å². The summed E-state index contributed by atoms with van der Waals surface area (Å²) in [5.74, 6) is 3.30. The van der Waals surface area contributed by atoms with Gasteiger partial charge in [0.1, 0.15) is 5.75 Å². The third-order valence-electron chi connectivity index (χ3n) is 4.59. The van der Waals surface area contributed by atoms with Crippen LogP contribution in [0.2, 0.25) is 0 Å². The fourth-order valence-electron chi connectivity index (χ4n) is 2.98. The van der Waals surface area contributed by atoms with Crippen LogP contribution in [0.25, 0.3) is 0 Å². The molecule has 2 N–H and O–H groups in total. The Morgan fingerprint density at radius 3 is 2.50 bits per heavy atom. The van der Waals surface area contributed by atoms with Gasteiger partial charge >= 0.3 is 0 Å². The average Bonchev–Trinajstić information content (AvgIpc) is 3.25. The van der Waals surface area contributed by atoms with Gasteiger partial charge in [0, 0.05) is 50.9 Å². The summed E-state index contributed by atoms with van der Waals surface area (Å²) in [4.78, 5) is 4.26. The largest absolute Gasteiger partial charge is 0.496 e. The van der Waals surface area contributed by atoms with Gasteiger partial charge in [-0.25, -0.2) is 0 Å². The highest BCUT2D eigenvalue weighted by molar-refractivity contribution is 5.79. The third kappa shape index (κ3) is 6.76. The standard InChI is InChI=1S/C20H33N3O5/c1-21-20(22-7-5-8-27-13-15-6-9-28-14-15)23-12-16-10-18(25-3)19(26-4)11-17(16)24-2/h10-11,15H,5-9,12-14H2,1-4H3,(H2,21,22,23). The molecule has 1 heterocycles. The van der Waals surface area contributed by atoms with Gasteiger partial charge in [0.25, 0.3) is 0 Å². The highest BCUT2D eigenvalue weighted by atomic mass is 16.5. The number of rotatable bonds is 11. The molecule has 0 bridgehead atoms. The monoisotopic (exact) mass is 395 g/mol. The molecule has 1 fully saturated rings. The minimum atomic E-state index is 0.543. The van der Waals surface area contributed by atoms with Gasteiger partial charge in [-0.05, 0) is 18.9 Å². The van der Waals surface area contributed by atoms with Gasteiger partial charge in [0.2, 0.25) is 0 Å². The van der Waals surface area contributed by atoms with Crippen LogP contribution < -0.4 is 24.8 Å². The normalized spacial score (nSPS) is 16.7. The lowest BCUT2D eigenvalue weighted by Crippen LogP contribution is -2.37. The van der Waals surface area contributed by atoms with E-state index in [0.717, 1.165) is 63.1 Å². The minimum absolute atomic E-state index is 0.543. The Morgan fingerprint density at radius 2 is 1.86 bits per heavy atom. The molecule has 1 saturated heterocycles. The van der Waals surface area contributed by atoms with Gasteiger partial charge in [-0.1, -0.05) is 0 Å². The van der Waals surface area contributed by atoms with Crippen molar-refractivity contribution in [2.45, 2.75) is 19.4 Å². The average molecular weight is 396 g/mol. The first-order valence-corrected chi connectivity index (χ1v) is 9.60. The number of nitrogens with zero attached hydrogens (tertiary/aromatic N) is 1. The molecular formula is C20H33N3O5. The topological polar surface area (TPSA) is 82.6 Å². The van der Waals surface area contributed by atoms with Gasteiger partial charge in [-0.3, -0.25) is 4.99 Å². The van der Waals surface area contributed by atoms with E-state index in [9.17, 15) is 0 Å². The summed E-state index contributed by atoms with van der Waals surface area (Å²) in [6.07, 6.45) is 2.02. The SMILES string of the molecule is CN=C(NCCCOCC1CCOC1)NCc1cc(OC)c(OC)cc1OC. The number of nitrogens with one attached hydrogen (secondary N) is 2. The lowest BCUT2D eigenvalue weighted by atomic mass is 10.1. The van der Waals surface area contributed by atoms with E-state index in [0.29, 0.717) is 24.0 Å². The van der Waals surface area contributed by atoms with E-state index in [4.69, 9.17) is 23.7 Å². The lowest BCUT2D eigenvalue weighted by molar-refractivity contribution is 0.0888. The second kappa shape index (κ2) is 12.3. The summed E-state index contributed by atoms with van der Waals surface area (Å²) in [5, 5.41) is 6.58. The molecule has 0 spiro atoms. The predicted octanol–water partition coefficient (Wildman–Crippen LogP) is 1.82. The second-order valence-corrected chi connectivity index (χ2v) is 6.53.